The SMILES string of the molecule is CCc1c(O)nc(N2CCc3ccccc3C2)[nH]c1=O. The molecule has 2 aromatic rings. The Kier molecular flexibility index (Phi) is 3.18. The fourth-order valence-electron chi connectivity index (χ4n) is 2.62. The predicted molar refractivity (Wildman–Crippen MR) is 77.1 cm³/mol. The van der Waals surface area contributed by atoms with Crippen LogP contribution in [0.4, 0.5) is 5.95 Å². The van der Waals surface area contributed by atoms with E-state index in [4.69, 9.17) is 0 Å². The lowest BCUT2D eigenvalue weighted by atomic mass is 10.0. The summed E-state index contributed by atoms with van der Waals surface area (Å²) in [4.78, 5) is 20.8. The van der Waals surface area contributed by atoms with Crippen LogP contribution < -0.4 is 10.5 Å². The quantitative estimate of drug-likeness (QED) is 0.870. The Morgan fingerprint density at radius 3 is 2.80 bits per heavy atom. The molecule has 3 rings (SSSR count). The smallest absolute Gasteiger partial charge is 0.259 e. The molecule has 1 aromatic carbocycles. The highest BCUT2D eigenvalue weighted by atomic mass is 16.3. The molecule has 20 heavy (non-hydrogen) atoms. The number of H-pyrrole nitrogens is 1. The number of aromatic hydroxyl groups is 1. The van der Waals surface area contributed by atoms with Gasteiger partial charge >= 0.3 is 0 Å². The largest absolute Gasteiger partial charge is 0.493 e. The lowest BCUT2D eigenvalue weighted by Crippen LogP contribution is -2.33. The number of hydrogen-bond donors (Lipinski definition) is 2. The molecule has 0 amide bonds. The van der Waals surface area contributed by atoms with Crippen LogP contribution in [-0.4, -0.2) is 21.6 Å². The lowest BCUT2D eigenvalue weighted by Gasteiger charge is -2.29. The topological polar surface area (TPSA) is 69.2 Å². The van der Waals surface area contributed by atoms with E-state index >= 15 is 0 Å². The molecule has 0 bridgehead atoms. The average Bonchev–Trinajstić information content (AvgIpc) is 2.46. The number of rotatable bonds is 2. The maximum Gasteiger partial charge on any atom is 0.259 e. The molecule has 0 saturated carbocycles. The van der Waals surface area contributed by atoms with E-state index < -0.39 is 0 Å². The second-order valence-corrected chi connectivity index (χ2v) is 4.99. The molecule has 0 fully saturated rings. The molecule has 0 saturated heterocycles. The van der Waals surface area contributed by atoms with Gasteiger partial charge in [0.15, 0.2) is 0 Å². The van der Waals surface area contributed by atoms with Crippen molar-refractivity contribution < 1.29 is 5.11 Å². The summed E-state index contributed by atoms with van der Waals surface area (Å²) in [6, 6.07) is 8.26. The molecular weight excluding hydrogens is 254 g/mol. The number of hydrogen-bond acceptors (Lipinski definition) is 4. The van der Waals surface area contributed by atoms with Gasteiger partial charge < -0.3 is 10.0 Å². The lowest BCUT2D eigenvalue weighted by molar-refractivity contribution is 0.442. The second kappa shape index (κ2) is 5.00. The van der Waals surface area contributed by atoms with Gasteiger partial charge in [0.05, 0.1) is 5.56 Å². The Labute approximate surface area is 116 Å². The van der Waals surface area contributed by atoms with Crippen LogP contribution in [0.15, 0.2) is 29.1 Å². The Bertz CT molecular complexity index is 694. The molecule has 1 aliphatic heterocycles. The number of benzene rings is 1. The summed E-state index contributed by atoms with van der Waals surface area (Å²) in [5.41, 5.74) is 2.65. The van der Waals surface area contributed by atoms with E-state index in [9.17, 15) is 9.90 Å². The summed E-state index contributed by atoms with van der Waals surface area (Å²) in [7, 11) is 0. The second-order valence-electron chi connectivity index (χ2n) is 4.99. The van der Waals surface area contributed by atoms with Crippen LogP contribution in [0.2, 0.25) is 0 Å². The Morgan fingerprint density at radius 1 is 1.35 bits per heavy atom. The normalized spacial score (nSPS) is 14.2. The predicted octanol–water partition coefficient (Wildman–Crippen LogP) is 1.60. The van der Waals surface area contributed by atoms with Gasteiger partial charge in [0.1, 0.15) is 0 Å². The first-order valence-electron chi connectivity index (χ1n) is 6.83. The highest BCUT2D eigenvalue weighted by Gasteiger charge is 2.19. The van der Waals surface area contributed by atoms with Gasteiger partial charge in [0.25, 0.3) is 5.56 Å². The van der Waals surface area contributed by atoms with Gasteiger partial charge in [-0.2, -0.15) is 4.98 Å². The monoisotopic (exact) mass is 271 g/mol. The molecule has 5 nitrogen and oxygen atoms in total. The third-order valence-corrected chi connectivity index (χ3v) is 3.76. The van der Waals surface area contributed by atoms with Gasteiger partial charge in [-0.1, -0.05) is 31.2 Å². The molecule has 0 unspecified atom stereocenters. The highest BCUT2D eigenvalue weighted by Crippen LogP contribution is 2.22. The van der Waals surface area contributed by atoms with Crippen molar-refractivity contribution in [2.75, 3.05) is 11.4 Å². The Hall–Kier alpha value is -2.30. The molecule has 0 spiro atoms. The maximum absolute atomic E-state index is 11.9. The standard InChI is InChI=1S/C15H17N3O2/c1-2-12-13(19)16-15(17-14(12)20)18-8-7-10-5-3-4-6-11(10)9-18/h3-6H,2,7-9H2,1H3,(H2,16,17,19,20). The van der Waals surface area contributed by atoms with Gasteiger partial charge in [0, 0.05) is 13.1 Å². The zero-order valence-corrected chi connectivity index (χ0v) is 11.4. The molecule has 5 heteroatoms. The zero-order valence-electron chi connectivity index (χ0n) is 11.4. The highest BCUT2D eigenvalue weighted by molar-refractivity contribution is 5.41. The molecule has 104 valence electrons. The van der Waals surface area contributed by atoms with Crippen LogP contribution in [0.1, 0.15) is 23.6 Å². The van der Waals surface area contributed by atoms with Crippen molar-refractivity contribution in [1.82, 2.24) is 9.97 Å². The van der Waals surface area contributed by atoms with E-state index in [2.05, 4.69) is 22.1 Å². The summed E-state index contributed by atoms with van der Waals surface area (Å²) in [6.07, 6.45) is 1.38. The molecule has 1 aromatic heterocycles. The van der Waals surface area contributed by atoms with Crippen LogP contribution in [0.25, 0.3) is 0 Å². The van der Waals surface area contributed by atoms with E-state index in [0.717, 1.165) is 13.0 Å². The van der Waals surface area contributed by atoms with Gasteiger partial charge in [-0.3, -0.25) is 9.78 Å². The van der Waals surface area contributed by atoms with Crippen LogP contribution in [-0.2, 0) is 19.4 Å². The minimum absolute atomic E-state index is 0.162. The van der Waals surface area contributed by atoms with Crippen molar-refractivity contribution in [3.63, 3.8) is 0 Å². The van der Waals surface area contributed by atoms with Crippen molar-refractivity contribution in [1.29, 1.82) is 0 Å². The number of aromatic nitrogens is 2. The van der Waals surface area contributed by atoms with Crippen molar-refractivity contribution in [2.45, 2.75) is 26.3 Å². The fourth-order valence-corrected chi connectivity index (χ4v) is 2.62. The van der Waals surface area contributed by atoms with Gasteiger partial charge in [-0.15, -0.1) is 0 Å². The van der Waals surface area contributed by atoms with E-state index in [0.29, 0.717) is 24.5 Å². The van der Waals surface area contributed by atoms with Crippen molar-refractivity contribution >= 4 is 5.95 Å². The molecule has 1 aliphatic rings. The Balaban J connectivity index is 1.94. The minimum atomic E-state index is -0.256. The summed E-state index contributed by atoms with van der Waals surface area (Å²) in [5, 5.41) is 9.84. The molecule has 2 N–H and O–H groups in total. The van der Waals surface area contributed by atoms with Crippen LogP contribution >= 0.6 is 0 Å². The molecule has 0 atom stereocenters. The van der Waals surface area contributed by atoms with E-state index in [1.807, 2.05) is 24.0 Å². The fraction of sp³-hybridized carbons (Fsp3) is 0.333. The third kappa shape index (κ3) is 2.15. The third-order valence-electron chi connectivity index (χ3n) is 3.76. The zero-order chi connectivity index (χ0) is 14.1. The molecule has 0 radical (unpaired) electrons. The van der Waals surface area contributed by atoms with E-state index in [1.165, 1.54) is 11.1 Å². The first-order chi connectivity index (χ1) is 9.69. The molecule has 2 heterocycles. The number of aromatic amines is 1. The molecule has 0 aliphatic carbocycles. The van der Waals surface area contributed by atoms with E-state index in [-0.39, 0.29) is 11.4 Å². The van der Waals surface area contributed by atoms with Crippen molar-refractivity contribution in [3.8, 4) is 5.88 Å². The Morgan fingerprint density at radius 2 is 2.10 bits per heavy atom. The van der Waals surface area contributed by atoms with Crippen molar-refractivity contribution in [3.05, 3.63) is 51.3 Å². The van der Waals surface area contributed by atoms with E-state index in [1.54, 1.807) is 0 Å². The van der Waals surface area contributed by atoms with Crippen LogP contribution in [0, 0.1) is 0 Å². The minimum Gasteiger partial charge on any atom is -0.493 e. The summed E-state index contributed by atoms with van der Waals surface area (Å²) in [6.45, 7) is 3.30. The summed E-state index contributed by atoms with van der Waals surface area (Å²) < 4.78 is 0. The molecular formula is C15H17N3O2. The number of anilines is 1. The maximum atomic E-state index is 11.9. The van der Waals surface area contributed by atoms with Crippen molar-refractivity contribution in [2.24, 2.45) is 0 Å². The van der Waals surface area contributed by atoms with Crippen LogP contribution in [0.3, 0.4) is 0 Å². The first-order valence-corrected chi connectivity index (χ1v) is 6.83. The number of fused-ring (bicyclic) bond motifs is 1. The number of nitrogens with zero attached hydrogens (tertiary/aromatic N) is 2. The van der Waals surface area contributed by atoms with Gasteiger partial charge in [0.2, 0.25) is 11.8 Å². The average molecular weight is 271 g/mol. The first kappa shape index (κ1) is 12.7. The number of nitrogens with one attached hydrogen (secondary N) is 1. The van der Waals surface area contributed by atoms with Crippen LogP contribution in [0.5, 0.6) is 5.88 Å². The van der Waals surface area contributed by atoms with Gasteiger partial charge in [-0.05, 0) is 24.0 Å². The summed E-state index contributed by atoms with van der Waals surface area (Å²) in [5.74, 6) is 0.282. The van der Waals surface area contributed by atoms with Gasteiger partial charge in [-0.25, -0.2) is 0 Å². The summed E-state index contributed by atoms with van der Waals surface area (Å²) >= 11 is 0.